The van der Waals surface area contributed by atoms with E-state index in [-0.39, 0.29) is 28.8 Å². The molecule has 1 aliphatic heterocycles. The van der Waals surface area contributed by atoms with Crippen molar-refractivity contribution in [1.29, 1.82) is 0 Å². The van der Waals surface area contributed by atoms with E-state index in [1.54, 1.807) is 14.2 Å². The molecule has 0 aromatic rings. The minimum Gasteiger partial charge on any atom is -0.497 e. The Kier molecular flexibility index (Phi) is 6.38. The third-order valence-electron chi connectivity index (χ3n) is 6.78. The molecule has 1 fully saturated rings. The lowest BCUT2D eigenvalue weighted by Crippen LogP contribution is -2.62. The van der Waals surface area contributed by atoms with Crippen molar-refractivity contribution >= 4 is 5.91 Å². The number of nitrogens with zero attached hydrogens (tertiary/aromatic N) is 1. The van der Waals surface area contributed by atoms with Crippen molar-refractivity contribution in [3.8, 4) is 0 Å². The predicted octanol–water partition coefficient (Wildman–Crippen LogP) is 5.30. The maximum Gasteiger partial charge on any atom is 0.251 e. The summed E-state index contributed by atoms with van der Waals surface area (Å²) >= 11 is 0. The van der Waals surface area contributed by atoms with Crippen LogP contribution in [0, 0.1) is 17.8 Å². The fraction of sp³-hybridized carbons (Fsp3) is 0.783. The van der Waals surface area contributed by atoms with Crippen LogP contribution in [0.3, 0.4) is 0 Å². The molecule has 0 radical (unpaired) electrons. The first-order chi connectivity index (χ1) is 12.5. The fourth-order valence-electron chi connectivity index (χ4n) is 5.34. The van der Waals surface area contributed by atoms with E-state index in [2.05, 4.69) is 53.4 Å². The summed E-state index contributed by atoms with van der Waals surface area (Å²) in [5.74, 6) is 2.31. The standard InChI is InChI=1S/C23H39NO3/c1-10-15(2)19-16(3)20(27-9)18(26-8)14-17(19)21(25)24-22(4,5)12-11-13-23(24,6)7/h14-16,19H,10-13H2,1-9H3/t15?,16-,19-/m0/s1. The van der Waals surface area contributed by atoms with Crippen LogP contribution in [0.1, 0.15) is 74.1 Å². The van der Waals surface area contributed by atoms with Crippen LogP contribution < -0.4 is 0 Å². The van der Waals surface area contributed by atoms with E-state index >= 15 is 0 Å². The first kappa shape index (κ1) is 21.8. The molecule has 1 saturated heterocycles. The lowest BCUT2D eigenvalue weighted by atomic mass is 9.71. The van der Waals surface area contributed by atoms with Crippen molar-refractivity contribution in [3.63, 3.8) is 0 Å². The summed E-state index contributed by atoms with van der Waals surface area (Å²) in [4.78, 5) is 16.1. The van der Waals surface area contributed by atoms with Crippen molar-refractivity contribution in [2.45, 2.75) is 85.2 Å². The zero-order chi connectivity index (χ0) is 20.6. The number of ether oxygens (including phenoxy) is 2. The number of carbonyl (C=O) groups is 1. The molecule has 2 aliphatic rings. The predicted molar refractivity (Wildman–Crippen MR) is 110 cm³/mol. The summed E-state index contributed by atoms with van der Waals surface area (Å²) in [6.07, 6.45) is 6.19. The molecule has 3 atom stereocenters. The van der Waals surface area contributed by atoms with Gasteiger partial charge in [-0.05, 0) is 59.0 Å². The van der Waals surface area contributed by atoms with Crippen molar-refractivity contribution in [2.75, 3.05) is 14.2 Å². The maximum atomic E-state index is 14.0. The SMILES string of the molecule is CCC(C)[C@@H]1C(C(=O)N2C(C)(C)CCCC2(C)C)=CC(OC)=C(OC)[C@H]1C. The van der Waals surface area contributed by atoms with Crippen LogP contribution in [0.2, 0.25) is 0 Å². The third kappa shape index (κ3) is 3.90. The van der Waals surface area contributed by atoms with Gasteiger partial charge in [-0.2, -0.15) is 0 Å². The van der Waals surface area contributed by atoms with Gasteiger partial charge in [0.05, 0.1) is 14.2 Å². The van der Waals surface area contributed by atoms with Gasteiger partial charge < -0.3 is 14.4 Å². The number of piperidine rings is 1. The topological polar surface area (TPSA) is 38.8 Å². The quantitative estimate of drug-likeness (QED) is 0.653. The van der Waals surface area contributed by atoms with Gasteiger partial charge in [0.1, 0.15) is 5.76 Å². The summed E-state index contributed by atoms with van der Waals surface area (Å²) < 4.78 is 11.3. The van der Waals surface area contributed by atoms with Gasteiger partial charge in [0.25, 0.3) is 5.91 Å². The Bertz CT molecular complexity index is 614. The largest absolute Gasteiger partial charge is 0.497 e. The van der Waals surface area contributed by atoms with Crippen LogP contribution in [0.5, 0.6) is 0 Å². The highest BCUT2D eigenvalue weighted by Gasteiger charge is 2.48. The fourth-order valence-corrected chi connectivity index (χ4v) is 5.34. The Morgan fingerprint density at radius 3 is 2.19 bits per heavy atom. The average Bonchev–Trinajstić information content (AvgIpc) is 2.58. The molecular formula is C23H39NO3. The molecule has 1 amide bonds. The van der Waals surface area contributed by atoms with Gasteiger partial charge in [-0.15, -0.1) is 0 Å². The van der Waals surface area contributed by atoms with Gasteiger partial charge in [-0.1, -0.05) is 27.2 Å². The number of likely N-dealkylation sites (tertiary alicyclic amines) is 1. The molecule has 1 heterocycles. The minimum atomic E-state index is -0.151. The molecule has 1 aliphatic carbocycles. The molecule has 0 aromatic carbocycles. The van der Waals surface area contributed by atoms with Crippen molar-refractivity contribution in [2.24, 2.45) is 17.8 Å². The van der Waals surface area contributed by atoms with Crippen LogP contribution >= 0.6 is 0 Å². The second-order valence-corrected chi connectivity index (χ2v) is 9.56. The molecule has 2 rings (SSSR count). The summed E-state index contributed by atoms with van der Waals surface area (Å²) in [7, 11) is 3.34. The zero-order valence-electron chi connectivity index (χ0n) is 18.8. The lowest BCUT2D eigenvalue weighted by Gasteiger charge is -2.54. The highest BCUT2D eigenvalue weighted by Crippen LogP contribution is 2.45. The Morgan fingerprint density at radius 1 is 1.19 bits per heavy atom. The molecule has 27 heavy (non-hydrogen) atoms. The van der Waals surface area contributed by atoms with E-state index in [0.717, 1.165) is 37.0 Å². The molecule has 0 spiro atoms. The Balaban J connectivity index is 2.58. The van der Waals surface area contributed by atoms with E-state index in [1.807, 2.05) is 6.08 Å². The minimum absolute atomic E-state index is 0.111. The summed E-state index contributed by atoms with van der Waals surface area (Å²) in [5, 5.41) is 0. The number of amides is 1. The van der Waals surface area contributed by atoms with Crippen LogP contribution in [0.4, 0.5) is 0 Å². The summed E-state index contributed by atoms with van der Waals surface area (Å²) in [6.45, 7) is 15.4. The molecule has 1 unspecified atom stereocenters. The zero-order valence-corrected chi connectivity index (χ0v) is 18.8. The highest BCUT2D eigenvalue weighted by molar-refractivity contribution is 5.96. The highest BCUT2D eigenvalue weighted by atomic mass is 16.5. The summed E-state index contributed by atoms with van der Waals surface area (Å²) in [6, 6.07) is 0. The van der Waals surface area contributed by atoms with E-state index in [0.29, 0.717) is 11.7 Å². The molecule has 4 heteroatoms. The lowest BCUT2D eigenvalue weighted by molar-refractivity contribution is -0.145. The van der Waals surface area contributed by atoms with Crippen LogP contribution in [-0.2, 0) is 14.3 Å². The number of rotatable bonds is 5. The van der Waals surface area contributed by atoms with Crippen LogP contribution in [-0.4, -0.2) is 36.1 Å². The molecule has 0 saturated carbocycles. The number of methoxy groups -OCH3 is 2. The van der Waals surface area contributed by atoms with Crippen molar-refractivity contribution < 1.29 is 14.3 Å². The second-order valence-electron chi connectivity index (χ2n) is 9.56. The van der Waals surface area contributed by atoms with Gasteiger partial charge in [0, 0.05) is 28.5 Å². The van der Waals surface area contributed by atoms with Gasteiger partial charge in [0.2, 0.25) is 0 Å². The van der Waals surface area contributed by atoms with Gasteiger partial charge >= 0.3 is 0 Å². The number of allylic oxidation sites excluding steroid dienone is 2. The van der Waals surface area contributed by atoms with E-state index < -0.39 is 0 Å². The van der Waals surface area contributed by atoms with E-state index in [9.17, 15) is 4.79 Å². The Hall–Kier alpha value is -1.45. The molecule has 0 bridgehead atoms. The molecule has 0 N–H and O–H groups in total. The number of hydrogen-bond donors (Lipinski definition) is 0. The monoisotopic (exact) mass is 377 g/mol. The van der Waals surface area contributed by atoms with E-state index in [1.165, 1.54) is 0 Å². The Labute approximate surface area is 166 Å². The van der Waals surface area contributed by atoms with Crippen molar-refractivity contribution in [1.82, 2.24) is 4.90 Å². The van der Waals surface area contributed by atoms with Gasteiger partial charge in [0.15, 0.2) is 5.76 Å². The third-order valence-corrected chi connectivity index (χ3v) is 6.78. The molecule has 4 nitrogen and oxygen atoms in total. The number of carbonyl (C=O) groups excluding carboxylic acids is 1. The average molecular weight is 378 g/mol. The van der Waals surface area contributed by atoms with Crippen LogP contribution in [0.15, 0.2) is 23.2 Å². The first-order valence-electron chi connectivity index (χ1n) is 10.4. The smallest absolute Gasteiger partial charge is 0.251 e. The molecular weight excluding hydrogens is 338 g/mol. The summed E-state index contributed by atoms with van der Waals surface area (Å²) in [5.41, 5.74) is 0.570. The van der Waals surface area contributed by atoms with Gasteiger partial charge in [-0.25, -0.2) is 0 Å². The maximum absolute atomic E-state index is 14.0. The molecule has 0 aromatic heterocycles. The first-order valence-corrected chi connectivity index (χ1v) is 10.4. The molecule has 154 valence electrons. The van der Waals surface area contributed by atoms with Gasteiger partial charge in [-0.3, -0.25) is 4.79 Å². The Morgan fingerprint density at radius 2 is 1.74 bits per heavy atom. The van der Waals surface area contributed by atoms with Crippen LogP contribution in [0.25, 0.3) is 0 Å². The second kappa shape index (κ2) is 7.89. The number of hydrogen-bond acceptors (Lipinski definition) is 3. The van der Waals surface area contributed by atoms with E-state index in [4.69, 9.17) is 9.47 Å². The normalized spacial score (nSPS) is 28.5. The van der Waals surface area contributed by atoms with Crippen molar-refractivity contribution in [3.05, 3.63) is 23.2 Å².